The van der Waals surface area contributed by atoms with Crippen molar-refractivity contribution in [3.63, 3.8) is 0 Å². The second-order valence-electron chi connectivity index (χ2n) is 8.31. The molecule has 0 saturated heterocycles. The molecule has 1 aromatic heterocycles. The monoisotopic (exact) mass is 543 g/mol. The van der Waals surface area contributed by atoms with Crippen molar-refractivity contribution in [2.24, 2.45) is 5.92 Å². The van der Waals surface area contributed by atoms with Crippen LogP contribution in [0.25, 0.3) is 0 Å². The van der Waals surface area contributed by atoms with Crippen LogP contribution >= 0.6 is 0 Å². The Morgan fingerprint density at radius 1 is 0.971 bits per heavy atom. The Kier molecular flexibility index (Phi) is 7.12. The number of halogens is 6. The van der Waals surface area contributed by atoms with Gasteiger partial charge < -0.3 is 0 Å². The topological polar surface area (TPSA) is 98.2 Å². The highest BCUT2D eigenvalue weighted by molar-refractivity contribution is 7.92. The number of sulfone groups is 2. The van der Waals surface area contributed by atoms with Crippen LogP contribution in [-0.2, 0) is 32.0 Å². The first-order valence-electron chi connectivity index (χ1n) is 10.1. The maximum Gasteiger partial charge on any atom is 0.433 e. The van der Waals surface area contributed by atoms with Crippen LogP contribution < -0.4 is 0 Å². The van der Waals surface area contributed by atoms with E-state index in [2.05, 4.69) is 4.98 Å². The summed E-state index contributed by atoms with van der Waals surface area (Å²) in [7, 11) is -8.29. The van der Waals surface area contributed by atoms with Crippen molar-refractivity contribution in [3.8, 4) is 0 Å². The molecule has 0 atom stereocenters. The molecule has 35 heavy (non-hydrogen) atoms. The van der Waals surface area contributed by atoms with Gasteiger partial charge >= 0.3 is 12.4 Å². The highest BCUT2D eigenvalue weighted by Gasteiger charge is 2.41. The standard InChI is InChI=1S/C21H19F6NO5S2/c1-34(30,31)19-16(6-8-18(28-19)21(25,26)27)17(29)7-5-12-9-15(10-12)35(32,33)14-4-2-3-13(11-14)20(22,23)24/h2-4,6,8,11-12,15H,5,7,9-10H2,1H3. The third-order valence-electron chi connectivity index (χ3n) is 5.70. The summed E-state index contributed by atoms with van der Waals surface area (Å²) >= 11 is 0. The van der Waals surface area contributed by atoms with E-state index in [-0.39, 0.29) is 31.6 Å². The fraction of sp³-hybridized carbons (Fsp3) is 0.429. The number of carbonyl (C=O) groups is 1. The van der Waals surface area contributed by atoms with Gasteiger partial charge in [0.2, 0.25) is 0 Å². The van der Waals surface area contributed by atoms with Crippen molar-refractivity contribution in [1.82, 2.24) is 4.98 Å². The molecule has 6 nitrogen and oxygen atoms in total. The number of alkyl halides is 6. The molecule has 1 fully saturated rings. The Balaban J connectivity index is 1.67. The van der Waals surface area contributed by atoms with Gasteiger partial charge in [-0.25, -0.2) is 21.8 Å². The molecular weight excluding hydrogens is 524 g/mol. The number of Topliss-reactive ketones (excluding diaryl/α,β-unsaturated/α-hetero) is 1. The van der Waals surface area contributed by atoms with Gasteiger partial charge in [-0.2, -0.15) is 26.3 Å². The van der Waals surface area contributed by atoms with Crippen LogP contribution in [0.3, 0.4) is 0 Å². The van der Waals surface area contributed by atoms with Crippen molar-refractivity contribution in [2.45, 2.75) is 53.2 Å². The third-order valence-corrected chi connectivity index (χ3v) is 8.89. The zero-order chi connectivity index (χ0) is 26.4. The molecule has 0 amide bonds. The normalized spacial score (nSPS) is 19.3. The maximum absolute atomic E-state index is 12.9. The fourth-order valence-electron chi connectivity index (χ4n) is 3.77. The zero-order valence-corrected chi connectivity index (χ0v) is 19.7. The fourth-order valence-corrected chi connectivity index (χ4v) is 6.61. The maximum atomic E-state index is 12.9. The Hall–Kier alpha value is -2.48. The van der Waals surface area contributed by atoms with Crippen molar-refractivity contribution >= 4 is 25.5 Å². The molecule has 0 N–H and O–H groups in total. The summed E-state index contributed by atoms with van der Waals surface area (Å²) in [6.45, 7) is 0. The lowest BCUT2D eigenvalue weighted by atomic mass is 9.81. The lowest BCUT2D eigenvalue weighted by molar-refractivity contribution is -0.141. The molecule has 0 spiro atoms. The Morgan fingerprint density at radius 2 is 1.60 bits per heavy atom. The van der Waals surface area contributed by atoms with E-state index in [1.807, 2.05) is 0 Å². The van der Waals surface area contributed by atoms with Crippen LogP contribution in [-0.4, -0.2) is 39.1 Å². The molecule has 0 aliphatic heterocycles. The molecule has 1 heterocycles. The van der Waals surface area contributed by atoms with E-state index in [1.165, 1.54) is 0 Å². The van der Waals surface area contributed by atoms with Crippen LogP contribution in [0.4, 0.5) is 26.3 Å². The summed E-state index contributed by atoms with van der Waals surface area (Å²) in [6.07, 6.45) is -8.97. The number of benzene rings is 1. The minimum Gasteiger partial charge on any atom is -0.294 e. The van der Waals surface area contributed by atoms with Crippen molar-refractivity contribution in [1.29, 1.82) is 0 Å². The highest BCUT2D eigenvalue weighted by atomic mass is 32.2. The summed E-state index contributed by atoms with van der Waals surface area (Å²) in [5.74, 6) is -1.05. The zero-order valence-electron chi connectivity index (χ0n) is 18.0. The van der Waals surface area contributed by atoms with Gasteiger partial charge in [-0.1, -0.05) is 6.07 Å². The van der Waals surface area contributed by atoms with Gasteiger partial charge in [-0.15, -0.1) is 0 Å². The molecule has 14 heteroatoms. The second kappa shape index (κ2) is 9.19. The number of carbonyl (C=O) groups excluding carboxylic acids is 1. The number of nitrogens with zero attached hydrogens (tertiary/aromatic N) is 1. The second-order valence-corrected chi connectivity index (χ2v) is 12.5. The average molecular weight is 544 g/mol. The molecule has 0 bridgehead atoms. The molecule has 3 rings (SSSR count). The van der Waals surface area contributed by atoms with Crippen molar-refractivity contribution < 1.29 is 48.0 Å². The van der Waals surface area contributed by atoms with Gasteiger partial charge in [0.05, 0.1) is 21.3 Å². The van der Waals surface area contributed by atoms with Crippen LogP contribution in [0, 0.1) is 5.92 Å². The van der Waals surface area contributed by atoms with Crippen LogP contribution in [0.1, 0.15) is 47.3 Å². The predicted octanol–water partition coefficient (Wildman–Crippen LogP) is 4.74. The van der Waals surface area contributed by atoms with Gasteiger partial charge in [0.25, 0.3) is 0 Å². The van der Waals surface area contributed by atoms with Gasteiger partial charge in [0, 0.05) is 12.7 Å². The molecule has 1 aromatic carbocycles. The van der Waals surface area contributed by atoms with Gasteiger partial charge in [0.1, 0.15) is 5.69 Å². The van der Waals surface area contributed by atoms with E-state index in [1.54, 1.807) is 0 Å². The molecule has 1 saturated carbocycles. The summed E-state index contributed by atoms with van der Waals surface area (Å²) in [4.78, 5) is 15.2. The lowest BCUT2D eigenvalue weighted by Gasteiger charge is -2.34. The third kappa shape index (κ3) is 6.02. The number of ketones is 1. The molecule has 1 aliphatic rings. The number of pyridine rings is 1. The lowest BCUT2D eigenvalue weighted by Crippen LogP contribution is -2.36. The van der Waals surface area contributed by atoms with Crippen LogP contribution in [0.15, 0.2) is 46.3 Å². The van der Waals surface area contributed by atoms with E-state index >= 15 is 0 Å². The first-order valence-corrected chi connectivity index (χ1v) is 13.6. The number of hydrogen-bond acceptors (Lipinski definition) is 6. The largest absolute Gasteiger partial charge is 0.433 e. The SMILES string of the molecule is CS(=O)(=O)c1nc(C(F)(F)F)ccc1C(=O)CCC1CC(S(=O)(=O)c2cccc(C(F)(F)F)c2)C1. The molecule has 2 aromatic rings. The van der Waals surface area contributed by atoms with Gasteiger partial charge in [-0.3, -0.25) is 4.79 Å². The Bertz CT molecular complexity index is 1340. The molecular formula is C21H19F6NO5S2. The number of rotatable bonds is 7. The van der Waals surface area contributed by atoms with E-state index in [4.69, 9.17) is 0 Å². The highest BCUT2D eigenvalue weighted by Crippen LogP contribution is 2.40. The smallest absolute Gasteiger partial charge is 0.294 e. The van der Waals surface area contributed by atoms with E-state index in [0.29, 0.717) is 18.4 Å². The molecule has 0 radical (unpaired) electrons. The van der Waals surface area contributed by atoms with Crippen LogP contribution in [0.2, 0.25) is 0 Å². The number of hydrogen-bond donors (Lipinski definition) is 0. The summed E-state index contributed by atoms with van der Waals surface area (Å²) in [5.41, 5.74) is -3.05. The first-order chi connectivity index (χ1) is 15.9. The van der Waals surface area contributed by atoms with E-state index in [0.717, 1.165) is 24.3 Å². The first kappa shape index (κ1) is 27.1. The van der Waals surface area contributed by atoms with Crippen LogP contribution in [0.5, 0.6) is 0 Å². The minimum atomic E-state index is -4.91. The predicted molar refractivity (Wildman–Crippen MR) is 111 cm³/mol. The summed E-state index contributed by atoms with van der Waals surface area (Å²) < 4.78 is 126. The van der Waals surface area contributed by atoms with Crippen molar-refractivity contribution in [2.75, 3.05) is 6.26 Å². The Morgan fingerprint density at radius 3 is 2.14 bits per heavy atom. The van der Waals surface area contributed by atoms with E-state index < -0.39 is 69.8 Å². The van der Waals surface area contributed by atoms with E-state index in [9.17, 15) is 48.0 Å². The summed E-state index contributed by atoms with van der Waals surface area (Å²) in [5, 5.41) is -1.93. The Labute approximate surface area is 197 Å². The van der Waals surface area contributed by atoms with Gasteiger partial charge in [0.15, 0.2) is 30.5 Å². The molecule has 0 unspecified atom stereocenters. The summed E-state index contributed by atoms with van der Waals surface area (Å²) in [6, 6.07) is 4.65. The minimum absolute atomic E-state index is 0.0794. The number of aromatic nitrogens is 1. The van der Waals surface area contributed by atoms with Gasteiger partial charge in [-0.05, 0) is 55.5 Å². The van der Waals surface area contributed by atoms with Crippen molar-refractivity contribution in [3.05, 3.63) is 53.2 Å². The molecule has 1 aliphatic carbocycles. The average Bonchev–Trinajstić information content (AvgIpc) is 2.70. The quantitative estimate of drug-likeness (QED) is 0.370. The molecule has 192 valence electrons.